The van der Waals surface area contributed by atoms with Gasteiger partial charge in [0.1, 0.15) is 35.3 Å². The summed E-state index contributed by atoms with van der Waals surface area (Å²) in [5, 5.41) is 36.4. The Morgan fingerprint density at radius 3 is 2.36 bits per heavy atom. The molecular weight excluding hydrogens is 490 g/mol. The minimum atomic E-state index is -1.68. The van der Waals surface area contributed by atoms with Crippen LogP contribution in [-0.2, 0) is 4.74 Å². The van der Waals surface area contributed by atoms with Gasteiger partial charge in [-0.25, -0.2) is 23.1 Å². The van der Waals surface area contributed by atoms with Gasteiger partial charge in [0.05, 0.1) is 17.7 Å². The number of ether oxygens (including phenoxy) is 1. The molecule has 0 bridgehead atoms. The monoisotopic (exact) mass is 507 g/mol. The van der Waals surface area contributed by atoms with Gasteiger partial charge in [-0.2, -0.15) is 5.11 Å². The maximum absolute atomic E-state index is 13.5. The largest absolute Gasteiger partial charge is 0.394 e. The van der Waals surface area contributed by atoms with Crippen molar-refractivity contribution in [1.29, 1.82) is 5.53 Å². The lowest BCUT2D eigenvalue weighted by Gasteiger charge is -2.42. The molecule has 7 nitrogen and oxygen atoms in total. The molecule has 0 spiro atoms. The van der Waals surface area contributed by atoms with E-state index in [9.17, 15) is 32.9 Å². The molecule has 1 heterocycles. The SMILES string of the molecule is N=N/C(=C\NC1C(O)[C@@H](Sc2ccc(F)c(Cl)c2)OC(CO)[C@@H]1O)c1cc(F)c(F)c(F)c1. The third kappa shape index (κ3) is 5.65. The van der Waals surface area contributed by atoms with E-state index in [4.69, 9.17) is 21.9 Å². The Bertz CT molecular complexity index is 1040. The van der Waals surface area contributed by atoms with Crippen molar-refractivity contribution in [3.8, 4) is 0 Å². The molecule has 2 aromatic rings. The summed E-state index contributed by atoms with van der Waals surface area (Å²) in [5.74, 6) is -5.29. The number of nitrogens with one attached hydrogen (secondary N) is 2. The Hall–Kier alpha value is -2.22. The molecule has 0 amide bonds. The summed E-state index contributed by atoms with van der Waals surface area (Å²) < 4.78 is 59.2. The lowest BCUT2D eigenvalue weighted by molar-refractivity contribution is -0.164. The van der Waals surface area contributed by atoms with Gasteiger partial charge < -0.3 is 25.4 Å². The van der Waals surface area contributed by atoms with Crippen LogP contribution in [0.15, 0.2) is 46.5 Å². The van der Waals surface area contributed by atoms with Crippen LogP contribution in [0.25, 0.3) is 5.70 Å². The van der Waals surface area contributed by atoms with Gasteiger partial charge in [0.25, 0.3) is 0 Å². The molecule has 0 aromatic heterocycles. The number of rotatable bonds is 7. The first-order valence-corrected chi connectivity index (χ1v) is 10.6. The molecular formula is C20H18ClF4N3O4S. The minimum absolute atomic E-state index is 0.151. The molecule has 0 aliphatic carbocycles. The van der Waals surface area contributed by atoms with Crippen molar-refractivity contribution in [1.82, 2.24) is 5.32 Å². The molecule has 13 heteroatoms. The fraction of sp³-hybridized carbons (Fsp3) is 0.300. The van der Waals surface area contributed by atoms with Crippen molar-refractivity contribution in [2.24, 2.45) is 5.11 Å². The molecule has 0 radical (unpaired) electrons. The van der Waals surface area contributed by atoms with Crippen LogP contribution in [-0.4, -0.2) is 51.7 Å². The van der Waals surface area contributed by atoms with Crippen molar-refractivity contribution in [2.45, 2.75) is 34.7 Å². The van der Waals surface area contributed by atoms with Crippen molar-refractivity contribution in [2.75, 3.05) is 6.61 Å². The summed E-state index contributed by atoms with van der Waals surface area (Å²) in [6.45, 7) is -0.610. The van der Waals surface area contributed by atoms with Gasteiger partial charge in [-0.3, -0.25) is 0 Å². The second-order valence-corrected chi connectivity index (χ2v) is 8.57. The molecule has 3 rings (SSSR count). The highest BCUT2D eigenvalue weighted by Gasteiger charge is 2.44. The van der Waals surface area contributed by atoms with Gasteiger partial charge in [0.2, 0.25) is 0 Å². The first-order valence-electron chi connectivity index (χ1n) is 9.39. The summed E-state index contributed by atoms with van der Waals surface area (Å²) in [6, 6.07) is 3.92. The number of nitrogens with zero attached hydrogens (tertiary/aromatic N) is 1. The summed E-state index contributed by atoms with van der Waals surface area (Å²) in [6.07, 6.45) is -2.98. The molecule has 178 valence electrons. The number of halogens is 5. The lowest BCUT2D eigenvalue weighted by atomic mass is 9.97. The molecule has 1 saturated heterocycles. The summed E-state index contributed by atoms with van der Waals surface area (Å²) in [7, 11) is 0. The quantitative estimate of drug-likeness (QED) is 0.223. The molecule has 2 aromatic carbocycles. The molecule has 3 unspecified atom stereocenters. The first-order chi connectivity index (χ1) is 15.7. The maximum atomic E-state index is 13.5. The van der Waals surface area contributed by atoms with Gasteiger partial charge in [-0.15, -0.1) is 0 Å². The highest BCUT2D eigenvalue weighted by atomic mass is 35.5. The van der Waals surface area contributed by atoms with Crippen LogP contribution in [0.4, 0.5) is 17.6 Å². The van der Waals surface area contributed by atoms with Crippen LogP contribution in [0.2, 0.25) is 5.02 Å². The van der Waals surface area contributed by atoms with E-state index in [0.717, 1.165) is 24.0 Å². The Balaban J connectivity index is 1.84. The molecule has 33 heavy (non-hydrogen) atoms. The average molecular weight is 508 g/mol. The molecule has 1 aliphatic rings. The van der Waals surface area contributed by atoms with E-state index in [2.05, 4.69) is 10.4 Å². The molecule has 5 atom stereocenters. The van der Waals surface area contributed by atoms with Crippen LogP contribution < -0.4 is 5.32 Å². The lowest BCUT2D eigenvalue weighted by Crippen LogP contribution is -2.61. The van der Waals surface area contributed by atoms with Crippen LogP contribution in [0.3, 0.4) is 0 Å². The zero-order chi connectivity index (χ0) is 24.3. The molecule has 1 aliphatic heterocycles. The number of hydrogen-bond donors (Lipinski definition) is 5. The summed E-state index contributed by atoms with van der Waals surface area (Å²) >= 11 is 6.72. The number of hydrogen-bond acceptors (Lipinski definition) is 8. The average Bonchev–Trinajstić information content (AvgIpc) is 2.78. The number of aliphatic hydroxyl groups is 3. The maximum Gasteiger partial charge on any atom is 0.194 e. The number of benzene rings is 2. The highest BCUT2D eigenvalue weighted by molar-refractivity contribution is 7.99. The van der Waals surface area contributed by atoms with E-state index in [1.165, 1.54) is 12.1 Å². The standard InChI is InChI=1S/C20H18ClF4N3O4S/c21-10-5-9(1-2-11(10)22)33-20-19(31)17(18(30)15(7-29)32-20)27-6-14(28-26)8-3-12(23)16(25)13(24)4-8/h1-6,15,17-20,26-27,29-31H,7H2/b14-6-,28-26?/t15?,17?,18-,19?,20+/m0/s1. The third-order valence-corrected chi connectivity index (χ3v) is 6.28. The Labute approximate surface area is 194 Å². The van der Waals surface area contributed by atoms with Gasteiger partial charge in [0, 0.05) is 16.7 Å². The van der Waals surface area contributed by atoms with Crippen LogP contribution in [0.1, 0.15) is 5.56 Å². The van der Waals surface area contributed by atoms with E-state index in [1.54, 1.807) is 0 Å². The van der Waals surface area contributed by atoms with Gasteiger partial charge in [-0.1, -0.05) is 23.4 Å². The smallest absolute Gasteiger partial charge is 0.194 e. The van der Waals surface area contributed by atoms with E-state index >= 15 is 0 Å². The first kappa shape index (κ1) is 25.4. The topological polar surface area (TPSA) is 118 Å². The van der Waals surface area contributed by atoms with Crippen LogP contribution in [0, 0.1) is 28.8 Å². The van der Waals surface area contributed by atoms with Crippen molar-refractivity contribution in [3.63, 3.8) is 0 Å². The third-order valence-electron chi connectivity index (χ3n) is 4.84. The molecule has 5 N–H and O–H groups in total. The Morgan fingerprint density at radius 2 is 1.79 bits per heavy atom. The van der Waals surface area contributed by atoms with E-state index in [1.807, 2.05) is 0 Å². The zero-order valence-electron chi connectivity index (χ0n) is 16.6. The van der Waals surface area contributed by atoms with E-state index in [0.29, 0.717) is 17.0 Å². The second-order valence-electron chi connectivity index (χ2n) is 6.99. The highest BCUT2D eigenvalue weighted by Crippen LogP contribution is 2.35. The fourth-order valence-corrected chi connectivity index (χ4v) is 4.48. The Morgan fingerprint density at radius 1 is 1.12 bits per heavy atom. The fourth-order valence-electron chi connectivity index (χ4n) is 3.12. The van der Waals surface area contributed by atoms with Crippen molar-refractivity contribution in [3.05, 3.63) is 70.4 Å². The Kier molecular flexibility index (Phi) is 8.32. The number of aliphatic hydroxyl groups excluding tert-OH is 3. The van der Waals surface area contributed by atoms with Crippen molar-refractivity contribution >= 4 is 29.1 Å². The molecule has 1 fully saturated rings. The predicted molar refractivity (Wildman–Crippen MR) is 111 cm³/mol. The minimum Gasteiger partial charge on any atom is -0.394 e. The van der Waals surface area contributed by atoms with Crippen LogP contribution in [0.5, 0.6) is 0 Å². The van der Waals surface area contributed by atoms with E-state index < -0.39 is 59.7 Å². The van der Waals surface area contributed by atoms with Gasteiger partial charge in [0.15, 0.2) is 17.5 Å². The zero-order valence-corrected chi connectivity index (χ0v) is 18.1. The second kappa shape index (κ2) is 10.8. The van der Waals surface area contributed by atoms with Crippen molar-refractivity contribution < 1.29 is 37.6 Å². The molecule has 0 saturated carbocycles. The van der Waals surface area contributed by atoms with Gasteiger partial charge in [-0.05, 0) is 30.3 Å². The van der Waals surface area contributed by atoms with E-state index in [-0.39, 0.29) is 16.3 Å². The predicted octanol–water partition coefficient (Wildman–Crippen LogP) is 3.42. The number of thioether (sulfide) groups is 1. The van der Waals surface area contributed by atoms with Crippen LogP contribution >= 0.6 is 23.4 Å². The summed E-state index contributed by atoms with van der Waals surface area (Å²) in [4.78, 5) is 0.437. The normalized spacial score (nSPS) is 25.7. The van der Waals surface area contributed by atoms with Gasteiger partial charge >= 0.3 is 0 Å². The summed E-state index contributed by atoms with van der Waals surface area (Å²) in [5.41, 5.74) is 5.61.